The van der Waals surface area contributed by atoms with Crippen LogP contribution in [0.15, 0.2) is 64.4 Å². The fraction of sp³-hybridized carbons (Fsp3) is 0.167. The average Bonchev–Trinajstić information content (AvgIpc) is 2.60. The van der Waals surface area contributed by atoms with E-state index >= 15 is 0 Å². The van der Waals surface area contributed by atoms with E-state index in [4.69, 9.17) is 0 Å². The molecule has 0 unspecified atom stereocenters. The quantitative estimate of drug-likeness (QED) is 0.429. The zero-order valence-corrected chi connectivity index (χ0v) is 20.4. The van der Waals surface area contributed by atoms with Gasteiger partial charge in [-0.1, -0.05) is 30.3 Å². The van der Waals surface area contributed by atoms with Gasteiger partial charge in [0, 0.05) is 6.54 Å². The fourth-order valence-corrected chi connectivity index (χ4v) is 4.14. The molecule has 2 aromatic carbocycles. The average molecular weight is 593 g/mol. The second-order valence-corrected chi connectivity index (χ2v) is 7.31. The first-order valence-corrected chi connectivity index (χ1v) is 8.84. The third-order valence-electron chi connectivity index (χ3n) is 3.94. The number of nitrogens with one attached hydrogen (secondary N) is 1. The first-order valence-electron chi connectivity index (χ1n) is 7.35. The number of aryl methyl sites for hydroxylation is 1. The minimum absolute atomic E-state index is 0. The molecule has 1 aliphatic carbocycles. The van der Waals surface area contributed by atoms with Crippen LogP contribution in [0.5, 0.6) is 0 Å². The number of benzene rings is 2. The summed E-state index contributed by atoms with van der Waals surface area (Å²) in [6, 6.07) is 13.6. The minimum Gasteiger partial charge on any atom is -0.526 e. The molecule has 0 aromatic heterocycles. The molecule has 0 bridgehead atoms. The summed E-state index contributed by atoms with van der Waals surface area (Å²) < 4.78 is 25.4. The number of carbonyl (C=O) groups excluding carboxylic acids is 1. The van der Waals surface area contributed by atoms with Gasteiger partial charge >= 0.3 is 0 Å². The molecule has 0 heterocycles. The van der Waals surface area contributed by atoms with Gasteiger partial charge in [-0.25, -0.2) is 8.42 Å². The largest absolute Gasteiger partial charge is 0.526 e. The normalized spacial score (nSPS) is 13.2. The number of fused-ring (bicyclic) bond motifs is 1. The number of allylic oxidation sites excluding steroid dienone is 1. The van der Waals surface area contributed by atoms with Crippen molar-refractivity contribution in [2.24, 2.45) is 0 Å². The Bertz CT molecular complexity index is 861. The van der Waals surface area contributed by atoms with E-state index in [0.29, 0.717) is 16.3 Å². The maximum Gasteiger partial charge on any atom is 0.206 e. The molecule has 2 aromatic rings. The molecule has 0 spiro atoms. The van der Waals surface area contributed by atoms with Crippen molar-refractivity contribution in [2.75, 3.05) is 6.54 Å². The monoisotopic (exact) mass is 593 g/mol. The second kappa shape index (κ2) is 6.79. The van der Waals surface area contributed by atoms with Crippen LogP contribution >= 0.6 is 0 Å². The van der Waals surface area contributed by atoms with Crippen LogP contribution in [0, 0.1) is 0 Å². The van der Waals surface area contributed by atoms with Gasteiger partial charge in [0.2, 0.25) is 9.84 Å². The number of hydrogen-bond donors (Lipinski definition) is 1. The fourth-order valence-electron chi connectivity index (χ4n) is 2.80. The Hall–Kier alpha value is -3.40. The number of rotatable bonds is 5. The second-order valence-electron chi connectivity index (χ2n) is 5.36. The van der Waals surface area contributed by atoms with Crippen LogP contribution in [0.2, 0.25) is 0 Å². The Morgan fingerprint density at radius 2 is 1.79 bits per heavy atom. The van der Waals surface area contributed by atoms with E-state index in [0.717, 1.165) is 29.5 Å². The summed E-state index contributed by atoms with van der Waals surface area (Å²) in [6.45, 7) is 0.404. The Kier molecular flexibility index (Phi) is 4.80. The SMILES string of the molecule is O=[C-]NCC1=CCCc2cc(S(=O)(=O)c3ccccc3)ccc21.[Rf]. The van der Waals surface area contributed by atoms with Crippen molar-refractivity contribution in [1.29, 1.82) is 0 Å². The van der Waals surface area contributed by atoms with Crippen LogP contribution in [-0.2, 0) is 21.1 Å². The predicted molar refractivity (Wildman–Crippen MR) is 88.3 cm³/mol. The van der Waals surface area contributed by atoms with Gasteiger partial charge in [0.05, 0.1) is 9.79 Å². The molecule has 0 radical (unpaired) electrons. The molecule has 0 saturated carbocycles. The van der Waals surface area contributed by atoms with E-state index in [-0.39, 0.29) is 0 Å². The molecule has 0 saturated heterocycles. The van der Waals surface area contributed by atoms with Gasteiger partial charge in [-0.05, 0) is 53.8 Å². The third kappa shape index (κ3) is 3.03. The van der Waals surface area contributed by atoms with Gasteiger partial charge in [-0.2, -0.15) is 6.41 Å². The maximum absolute atomic E-state index is 12.7. The molecule has 24 heavy (non-hydrogen) atoms. The Labute approximate surface area is 135 Å². The first-order chi connectivity index (χ1) is 11.1. The van der Waals surface area contributed by atoms with E-state index in [1.54, 1.807) is 48.9 Å². The van der Waals surface area contributed by atoms with Gasteiger partial charge in [0.15, 0.2) is 0 Å². The molecule has 0 atom stereocenters. The van der Waals surface area contributed by atoms with Crippen LogP contribution < -0.4 is 5.32 Å². The van der Waals surface area contributed by atoms with E-state index < -0.39 is 9.84 Å². The summed E-state index contributed by atoms with van der Waals surface area (Å²) in [5.41, 5.74) is 2.98. The molecule has 4 nitrogen and oxygen atoms in total. The topological polar surface area (TPSA) is 63.2 Å². The van der Waals surface area contributed by atoms with Crippen molar-refractivity contribution in [3.8, 4) is 0 Å². The summed E-state index contributed by atoms with van der Waals surface area (Å²) in [4.78, 5) is 11.0. The zero-order chi connectivity index (χ0) is 16.3. The Morgan fingerprint density at radius 3 is 2.50 bits per heavy atom. The van der Waals surface area contributed by atoms with Gasteiger partial charge in [-0.3, -0.25) is 0 Å². The van der Waals surface area contributed by atoms with Crippen molar-refractivity contribution in [2.45, 2.75) is 22.6 Å². The van der Waals surface area contributed by atoms with Gasteiger partial charge in [0.25, 0.3) is 0 Å². The van der Waals surface area contributed by atoms with E-state index in [1.807, 2.05) is 6.07 Å². The number of sulfone groups is 1. The summed E-state index contributed by atoms with van der Waals surface area (Å²) in [7, 11) is -3.50. The molecular weight excluding hydrogens is 577 g/mol. The smallest absolute Gasteiger partial charge is 0.206 e. The molecule has 0 aliphatic heterocycles. The summed E-state index contributed by atoms with van der Waals surface area (Å²) in [5, 5.41) is 2.54. The van der Waals surface area contributed by atoms with E-state index in [9.17, 15) is 13.2 Å². The van der Waals surface area contributed by atoms with Crippen LogP contribution in [0.4, 0.5) is 0 Å². The Morgan fingerprint density at radius 1 is 1.04 bits per heavy atom. The van der Waals surface area contributed by atoms with Crippen LogP contribution in [-0.4, -0.2) is 21.4 Å². The molecule has 120 valence electrons. The molecule has 1 N–H and O–H groups in total. The van der Waals surface area contributed by atoms with Gasteiger partial charge in [0.1, 0.15) is 0 Å². The molecule has 1 aliphatic rings. The summed E-state index contributed by atoms with van der Waals surface area (Å²) >= 11 is 0. The molecule has 6 heteroatoms. The van der Waals surface area contributed by atoms with Crippen LogP contribution in [0.25, 0.3) is 5.57 Å². The number of amides is 1. The van der Waals surface area contributed by atoms with Crippen molar-refractivity contribution in [1.82, 2.24) is 5.32 Å². The van der Waals surface area contributed by atoms with E-state index in [2.05, 4.69) is 11.4 Å². The van der Waals surface area contributed by atoms with Crippen LogP contribution in [0.3, 0.4) is 0 Å². The maximum atomic E-state index is 12.7. The van der Waals surface area contributed by atoms with Crippen LogP contribution in [0.1, 0.15) is 17.5 Å². The molecule has 3 rings (SSSR count). The molecular formula is C18H16NO3RfS-. The van der Waals surface area contributed by atoms with Crippen molar-refractivity contribution >= 4 is 21.8 Å². The molecule has 1 amide bonds. The van der Waals surface area contributed by atoms with Crippen molar-refractivity contribution in [3.05, 3.63) is 65.7 Å². The summed E-state index contributed by atoms with van der Waals surface area (Å²) in [5.74, 6) is 0. The van der Waals surface area contributed by atoms with Gasteiger partial charge in [-0.15, -0.1) is 0 Å². The molecule has 0 fully saturated rings. The zero-order valence-electron chi connectivity index (χ0n) is 13.2. The number of hydrogen-bond acceptors (Lipinski definition) is 3. The van der Waals surface area contributed by atoms with Crippen molar-refractivity contribution < 1.29 is 13.2 Å². The van der Waals surface area contributed by atoms with E-state index in [1.165, 1.54) is 0 Å². The first kappa shape index (κ1) is 17.0. The van der Waals surface area contributed by atoms with Crippen molar-refractivity contribution in [3.63, 3.8) is 0 Å². The minimum atomic E-state index is -3.50. The van der Waals surface area contributed by atoms with Gasteiger partial charge < -0.3 is 10.1 Å². The Balaban J connectivity index is 0.00000208. The summed E-state index contributed by atoms with van der Waals surface area (Å²) in [6.07, 6.45) is 5.36. The standard InChI is InChI=1S/C18H16NO3S.Rf/c20-13-19-12-15-6-4-5-14-11-17(9-10-18(14)15)23(21,22)16-7-2-1-3-8-16;/h1-3,6-11H,4-5,12H2,(H,19,20);/q-1;. The third-order valence-corrected chi connectivity index (χ3v) is 5.71. The predicted octanol–water partition coefficient (Wildman–Crippen LogP) is 2.51.